The Kier molecular flexibility index (Phi) is 5.71. The normalized spacial score (nSPS) is 17.3. The van der Waals surface area contributed by atoms with Crippen LogP contribution in [-0.4, -0.2) is 34.0 Å². The number of carboxylic acids is 1. The maximum atomic E-state index is 13.4. The molecule has 6 heteroatoms. The van der Waals surface area contributed by atoms with Crippen LogP contribution in [0.3, 0.4) is 0 Å². The number of hydrogen-bond acceptors (Lipinski definition) is 4. The van der Waals surface area contributed by atoms with Gasteiger partial charge in [-0.1, -0.05) is 24.3 Å². The van der Waals surface area contributed by atoms with E-state index >= 15 is 0 Å². The Labute approximate surface area is 168 Å². The monoisotopic (exact) mass is 394 g/mol. The second-order valence-electron chi connectivity index (χ2n) is 7.55. The van der Waals surface area contributed by atoms with Gasteiger partial charge in [-0.25, -0.2) is 14.2 Å². The summed E-state index contributed by atoms with van der Waals surface area (Å²) in [6.07, 6.45) is 4.34. The van der Waals surface area contributed by atoms with E-state index in [0.29, 0.717) is 12.0 Å². The molecule has 1 atom stereocenters. The van der Waals surface area contributed by atoms with Gasteiger partial charge in [0, 0.05) is 25.4 Å². The second kappa shape index (κ2) is 8.57. The molecule has 0 amide bonds. The van der Waals surface area contributed by atoms with Gasteiger partial charge in [0.1, 0.15) is 11.6 Å². The highest BCUT2D eigenvalue weighted by molar-refractivity contribution is 5.87. The molecule has 29 heavy (non-hydrogen) atoms. The van der Waals surface area contributed by atoms with Crippen LogP contribution in [0.25, 0.3) is 0 Å². The van der Waals surface area contributed by atoms with Gasteiger partial charge in [-0.2, -0.15) is 0 Å². The van der Waals surface area contributed by atoms with Crippen molar-refractivity contribution in [3.8, 4) is 0 Å². The van der Waals surface area contributed by atoms with Crippen LogP contribution in [0.1, 0.15) is 51.9 Å². The molecule has 2 heterocycles. The van der Waals surface area contributed by atoms with Crippen molar-refractivity contribution in [2.24, 2.45) is 0 Å². The van der Waals surface area contributed by atoms with Gasteiger partial charge in [0.25, 0.3) is 0 Å². The molecule has 150 valence electrons. The fourth-order valence-corrected chi connectivity index (χ4v) is 3.85. The van der Waals surface area contributed by atoms with Gasteiger partial charge in [-0.15, -0.1) is 0 Å². The summed E-state index contributed by atoms with van der Waals surface area (Å²) in [6, 6.07) is 13.6. The molecule has 3 aromatic rings. The molecule has 1 aliphatic rings. The van der Waals surface area contributed by atoms with Gasteiger partial charge in [0.2, 0.25) is 0 Å². The number of carbonyl (C=O) groups is 1. The lowest BCUT2D eigenvalue weighted by Gasteiger charge is -2.31. The molecule has 1 aliphatic heterocycles. The number of rotatable bonds is 6. The summed E-state index contributed by atoms with van der Waals surface area (Å²) >= 11 is 0. The Morgan fingerprint density at radius 3 is 2.79 bits per heavy atom. The van der Waals surface area contributed by atoms with E-state index in [4.69, 9.17) is 9.52 Å². The van der Waals surface area contributed by atoms with Gasteiger partial charge in [-0.3, -0.25) is 4.90 Å². The lowest BCUT2D eigenvalue weighted by Crippen LogP contribution is -2.34. The molecule has 1 N–H and O–H groups in total. The zero-order valence-corrected chi connectivity index (χ0v) is 16.1. The first-order valence-corrected chi connectivity index (χ1v) is 9.80. The van der Waals surface area contributed by atoms with Crippen LogP contribution in [0, 0.1) is 5.82 Å². The van der Waals surface area contributed by atoms with E-state index in [0.717, 1.165) is 55.3 Å². The minimum Gasteiger partial charge on any atom is -0.478 e. The third-order valence-corrected chi connectivity index (χ3v) is 5.30. The van der Waals surface area contributed by atoms with Crippen LogP contribution >= 0.6 is 0 Å². The summed E-state index contributed by atoms with van der Waals surface area (Å²) in [6.45, 7) is 2.61. The van der Waals surface area contributed by atoms with E-state index in [9.17, 15) is 9.18 Å². The number of nitrogens with zero attached hydrogens (tertiary/aromatic N) is 2. The first-order valence-electron chi connectivity index (χ1n) is 9.80. The summed E-state index contributed by atoms with van der Waals surface area (Å²) in [4.78, 5) is 17.8. The third-order valence-electron chi connectivity index (χ3n) is 5.30. The van der Waals surface area contributed by atoms with E-state index in [1.165, 1.54) is 12.1 Å². The Hall–Kier alpha value is -2.99. The van der Waals surface area contributed by atoms with Crippen molar-refractivity contribution in [3.05, 3.63) is 88.9 Å². The molecule has 1 saturated heterocycles. The molecule has 1 fully saturated rings. The van der Waals surface area contributed by atoms with Crippen LogP contribution in [0.2, 0.25) is 0 Å². The topological polar surface area (TPSA) is 66.6 Å². The van der Waals surface area contributed by atoms with E-state index in [1.54, 1.807) is 24.4 Å². The van der Waals surface area contributed by atoms with Crippen molar-refractivity contribution >= 4 is 5.97 Å². The van der Waals surface area contributed by atoms with Gasteiger partial charge in [-0.05, 0) is 54.8 Å². The lowest BCUT2D eigenvalue weighted by atomic mass is 9.97. The van der Waals surface area contributed by atoms with Crippen molar-refractivity contribution in [2.45, 2.75) is 31.7 Å². The lowest BCUT2D eigenvalue weighted by molar-refractivity contribution is 0.0697. The zero-order chi connectivity index (χ0) is 20.2. The fraction of sp³-hybridized carbons (Fsp3) is 0.304. The van der Waals surface area contributed by atoms with E-state index < -0.39 is 5.97 Å². The maximum Gasteiger partial charge on any atom is 0.335 e. The predicted molar refractivity (Wildman–Crippen MR) is 106 cm³/mol. The van der Waals surface area contributed by atoms with Crippen molar-refractivity contribution in [1.29, 1.82) is 0 Å². The largest absolute Gasteiger partial charge is 0.478 e. The number of aromatic carboxylic acids is 1. The summed E-state index contributed by atoms with van der Waals surface area (Å²) < 4.78 is 19.4. The number of likely N-dealkylation sites (tertiary alicyclic amines) is 1. The third kappa shape index (κ3) is 4.90. The molecule has 1 unspecified atom stereocenters. The summed E-state index contributed by atoms with van der Waals surface area (Å²) in [5.41, 5.74) is 2.26. The molecule has 0 radical (unpaired) electrons. The first-order chi connectivity index (χ1) is 14.1. The van der Waals surface area contributed by atoms with Crippen LogP contribution < -0.4 is 0 Å². The Bertz CT molecular complexity index is 984. The van der Waals surface area contributed by atoms with Crippen molar-refractivity contribution < 1.29 is 18.7 Å². The molecular formula is C23H23FN2O3. The van der Waals surface area contributed by atoms with E-state index in [-0.39, 0.29) is 11.7 Å². The average Bonchev–Trinajstić information content (AvgIpc) is 3.17. The summed E-state index contributed by atoms with van der Waals surface area (Å²) in [5.74, 6) is 0.548. The molecular weight excluding hydrogens is 371 g/mol. The number of halogens is 1. The molecule has 1 aromatic heterocycles. The van der Waals surface area contributed by atoms with Gasteiger partial charge in [0.15, 0.2) is 5.89 Å². The van der Waals surface area contributed by atoms with Crippen LogP contribution in [0.4, 0.5) is 4.39 Å². The number of benzene rings is 2. The zero-order valence-electron chi connectivity index (χ0n) is 16.1. The van der Waals surface area contributed by atoms with Gasteiger partial charge < -0.3 is 9.52 Å². The standard InChI is InChI=1S/C23H23FN2O3/c24-20-5-1-3-17(11-20)12-21-13-25-22(29-21)19-4-2-10-26(15-19)14-16-6-8-18(9-7-16)23(27)28/h1,3,5-9,11,13,19H,2,4,10,12,14-15H2,(H,27,28). The molecule has 0 saturated carbocycles. The Morgan fingerprint density at radius 2 is 2.03 bits per heavy atom. The number of carboxylic acid groups (broad SMARTS) is 1. The van der Waals surface area contributed by atoms with E-state index in [1.807, 2.05) is 18.2 Å². The molecule has 4 rings (SSSR count). The minimum atomic E-state index is -0.910. The van der Waals surface area contributed by atoms with E-state index in [2.05, 4.69) is 9.88 Å². The van der Waals surface area contributed by atoms with Crippen molar-refractivity contribution in [2.75, 3.05) is 13.1 Å². The highest BCUT2D eigenvalue weighted by atomic mass is 19.1. The number of oxazole rings is 1. The molecule has 0 aliphatic carbocycles. The minimum absolute atomic E-state index is 0.225. The Balaban J connectivity index is 1.38. The second-order valence-corrected chi connectivity index (χ2v) is 7.55. The molecule has 5 nitrogen and oxygen atoms in total. The number of hydrogen-bond donors (Lipinski definition) is 1. The van der Waals surface area contributed by atoms with Crippen LogP contribution in [0.5, 0.6) is 0 Å². The molecule has 0 bridgehead atoms. The van der Waals surface area contributed by atoms with Crippen LogP contribution in [-0.2, 0) is 13.0 Å². The van der Waals surface area contributed by atoms with Gasteiger partial charge in [0.05, 0.1) is 11.8 Å². The molecule has 0 spiro atoms. The van der Waals surface area contributed by atoms with Crippen molar-refractivity contribution in [3.63, 3.8) is 0 Å². The average molecular weight is 394 g/mol. The quantitative estimate of drug-likeness (QED) is 0.668. The van der Waals surface area contributed by atoms with Crippen molar-refractivity contribution in [1.82, 2.24) is 9.88 Å². The molecule has 2 aromatic carbocycles. The SMILES string of the molecule is O=C(O)c1ccc(CN2CCCC(c3ncc(Cc4cccc(F)c4)o3)C2)cc1. The van der Waals surface area contributed by atoms with Crippen LogP contribution in [0.15, 0.2) is 59.1 Å². The smallest absolute Gasteiger partial charge is 0.335 e. The maximum absolute atomic E-state index is 13.4. The summed E-state index contributed by atoms with van der Waals surface area (Å²) in [5, 5.41) is 9.02. The Morgan fingerprint density at radius 1 is 1.21 bits per heavy atom. The number of piperidine rings is 1. The first kappa shape index (κ1) is 19.3. The fourth-order valence-electron chi connectivity index (χ4n) is 3.85. The number of aromatic nitrogens is 1. The van der Waals surface area contributed by atoms with Gasteiger partial charge >= 0.3 is 5.97 Å². The predicted octanol–water partition coefficient (Wildman–Crippen LogP) is 4.48. The highest BCUT2D eigenvalue weighted by Gasteiger charge is 2.25. The summed E-state index contributed by atoms with van der Waals surface area (Å²) in [7, 11) is 0. The highest BCUT2D eigenvalue weighted by Crippen LogP contribution is 2.28.